The van der Waals surface area contributed by atoms with E-state index in [1.807, 2.05) is 6.07 Å². The number of hydrogen-bond donors (Lipinski definition) is 1. The fourth-order valence-corrected chi connectivity index (χ4v) is 2.22. The Balaban J connectivity index is 1.70. The summed E-state index contributed by atoms with van der Waals surface area (Å²) in [5.74, 6) is 0.590. The second kappa shape index (κ2) is 7.48. The van der Waals surface area contributed by atoms with Crippen molar-refractivity contribution in [3.63, 3.8) is 0 Å². The van der Waals surface area contributed by atoms with Crippen molar-refractivity contribution < 1.29 is 9.21 Å². The van der Waals surface area contributed by atoms with Gasteiger partial charge in [-0.2, -0.15) is 0 Å². The highest BCUT2D eigenvalue weighted by molar-refractivity contribution is 5.91. The number of furan rings is 1. The van der Waals surface area contributed by atoms with Crippen LogP contribution in [0.25, 0.3) is 6.08 Å². The minimum atomic E-state index is -0.0907. The quantitative estimate of drug-likeness (QED) is 0.649. The van der Waals surface area contributed by atoms with Crippen LogP contribution in [0.3, 0.4) is 0 Å². The molecule has 0 fully saturated rings. The van der Waals surface area contributed by atoms with Crippen LogP contribution in [0.2, 0.25) is 0 Å². The second-order valence-corrected chi connectivity index (χ2v) is 5.17. The molecule has 3 nitrogen and oxygen atoms in total. The molecule has 110 valence electrons. The van der Waals surface area contributed by atoms with E-state index in [0.29, 0.717) is 12.3 Å². The molecule has 0 aliphatic rings. The van der Waals surface area contributed by atoms with Gasteiger partial charge >= 0.3 is 0 Å². The number of aryl methyl sites for hydroxylation is 3. The molecule has 0 aliphatic carbocycles. The molecule has 0 radical (unpaired) electrons. The lowest BCUT2D eigenvalue weighted by molar-refractivity contribution is -0.116. The van der Waals surface area contributed by atoms with Crippen molar-refractivity contribution in [3.05, 3.63) is 65.1 Å². The van der Waals surface area contributed by atoms with Crippen LogP contribution in [0.15, 0.2) is 47.1 Å². The molecule has 3 heteroatoms. The minimum Gasteiger partial charge on any atom is -0.465 e. The van der Waals surface area contributed by atoms with E-state index in [-0.39, 0.29) is 5.91 Å². The van der Waals surface area contributed by atoms with Gasteiger partial charge in [-0.15, -0.1) is 0 Å². The van der Waals surface area contributed by atoms with Gasteiger partial charge in [0.25, 0.3) is 0 Å². The first-order chi connectivity index (χ1) is 10.1. The Morgan fingerprint density at radius 3 is 2.86 bits per heavy atom. The molecule has 0 atom stereocenters. The van der Waals surface area contributed by atoms with E-state index in [9.17, 15) is 4.79 Å². The highest BCUT2D eigenvalue weighted by Gasteiger charge is 2.00. The summed E-state index contributed by atoms with van der Waals surface area (Å²) in [5, 5.41) is 2.88. The number of hydrogen-bond acceptors (Lipinski definition) is 2. The van der Waals surface area contributed by atoms with E-state index in [2.05, 4.69) is 37.4 Å². The Bertz CT molecular complexity index is 612. The molecule has 0 aliphatic heterocycles. The maximum atomic E-state index is 11.6. The monoisotopic (exact) mass is 283 g/mol. The molecule has 0 unspecified atom stereocenters. The summed E-state index contributed by atoms with van der Waals surface area (Å²) in [6.45, 7) is 4.91. The zero-order valence-corrected chi connectivity index (χ0v) is 12.6. The summed E-state index contributed by atoms with van der Waals surface area (Å²) in [7, 11) is 0. The van der Waals surface area contributed by atoms with Gasteiger partial charge in [0.1, 0.15) is 5.76 Å². The van der Waals surface area contributed by atoms with E-state index in [1.54, 1.807) is 18.4 Å². The van der Waals surface area contributed by atoms with Crippen molar-refractivity contribution in [2.45, 2.75) is 26.7 Å². The lowest BCUT2D eigenvalue weighted by atomic mass is 10.0. The van der Waals surface area contributed by atoms with Crippen LogP contribution in [0, 0.1) is 13.8 Å². The molecule has 2 aromatic rings. The third-order valence-electron chi connectivity index (χ3n) is 3.36. The molecule has 0 saturated heterocycles. The van der Waals surface area contributed by atoms with Gasteiger partial charge in [0.05, 0.1) is 6.26 Å². The van der Waals surface area contributed by atoms with Crippen molar-refractivity contribution in [3.8, 4) is 0 Å². The SMILES string of the molecule is Cc1ccc(CCCNC(=O)/C=C/c2ccco2)c(C)c1. The van der Waals surface area contributed by atoms with E-state index in [1.165, 1.54) is 22.8 Å². The summed E-state index contributed by atoms with van der Waals surface area (Å²) in [5.41, 5.74) is 3.95. The van der Waals surface area contributed by atoms with Gasteiger partial charge in [-0.05, 0) is 56.0 Å². The zero-order chi connectivity index (χ0) is 15.1. The first kappa shape index (κ1) is 15.1. The number of amides is 1. The zero-order valence-electron chi connectivity index (χ0n) is 12.6. The molecule has 1 heterocycles. The molecule has 1 aromatic carbocycles. The molecule has 1 aromatic heterocycles. The van der Waals surface area contributed by atoms with Gasteiger partial charge in [-0.25, -0.2) is 0 Å². The van der Waals surface area contributed by atoms with E-state index in [4.69, 9.17) is 4.42 Å². The predicted molar refractivity (Wildman–Crippen MR) is 85.0 cm³/mol. The Morgan fingerprint density at radius 2 is 2.14 bits per heavy atom. The Hall–Kier alpha value is -2.29. The van der Waals surface area contributed by atoms with E-state index < -0.39 is 0 Å². The third kappa shape index (κ3) is 4.95. The fraction of sp³-hybridized carbons (Fsp3) is 0.278. The van der Waals surface area contributed by atoms with Crippen LogP contribution in [0.5, 0.6) is 0 Å². The molecule has 0 saturated carbocycles. The van der Waals surface area contributed by atoms with Crippen LogP contribution < -0.4 is 5.32 Å². The normalized spacial score (nSPS) is 11.0. The Labute approximate surface area is 125 Å². The number of carbonyl (C=O) groups excluding carboxylic acids is 1. The van der Waals surface area contributed by atoms with Crippen LogP contribution >= 0.6 is 0 Å². The van der Waals surface area contributed by atoms with E-state index in [0.717, 1.165) is 12.8 Å². The molecular weight excluding hydrogens is 262 g/mol. The Kier molecular flexibility index (Phi) is 5.38. The van der Waals surface area contributed by atoms with Crippen molar-refractivity contribution in [2.75, 3.05) is 6.54 Å². The molecule has 1 amide bonds. The Morgan fingerprint density at radius 1 is 1.29 bits per heavy atom. The summed E-state index contributed by atoms with van der Waals surface area (Å²) in [6, 6.07) is 10.1. The largest absolute Gasteiger partial charge is 0.465 e. The highest BCUT2D eigenvalue weighted by atomic mass is 16.3. The lowest BCUT2D eigenvalue weighted by Gasteiger charge is -2.07. The summed E-state index contributed by atoms with van der Waals surface area (Å²) >= 11 is 0. The van der Waals surface area contributed by atoms with Crippen LogP contribution in [0.4, 0.5) is 0 Å². The minimum absolute atomic E-state index is 0.0907. The number of nitrogens with one attached hydrogen (secondary N) is 1. The van der Waals surface area contributed by atoms with Crippen LogP contribution in [0.1, 0.15) is 28.9 Å². The first-order valence-electron chi connectivity index (χ1n) is 7.21. The summed E-state index contributed by atoms with van der Waals surface area (Å²) in [4.78, 5) is 11.6. The van der Waals surface area contributed by atoms with Crippen molar-refractivity contribution >= 4 is 12.0 Å². The summed E-state index contributed by atoms with van der Waals surface area (Å²) < 4.78 is 5.12. The van der Waals surface area contributed by atoms with Gasteiger partial charge in [-0.1, -0.05) is 23.8 Å². The van der Waals surface area contributed by atoms with Gasteiger partial charge in [0.2, 0.25) is 5.91 Å². The maximum absolute atomic E-state index is 11.6. The molecule has 21 heavy (non-hydrogen) atoms. The van der Waals surface area contributed by atoms with E-state index >= 15 is 0 Å². The molecule has 2 rings (SSSR count). The molecule has 1 N–H and O–H groups in total. The molecular formula is C18H21NO2. The van der Waals surface area contributed by atoms with Crippen LogP contribution in [-0.4, -0.2) is 12.5 Å². The number of carbonyl (C=O) groups is 1. The average Bonchev–Trinajstić information content (AvgIpc) is 2.96. The second-order valence-electron chi connectivity index (χ2n) is 5.17. The first-order valence-corrected chi connectivity index (χ1v) is 7.21. The number of rotatable bonds is 6. The van der Waals surface area contributed by atoms with Gasteiger partial charge in [-0.3, -0.25) is 4.79 Å². The van der Waals surface area contributed by atoms with Crippen molar-refractivity contribution in [2.24, 2.45) is 0 Å². The van der Waals surface area contributed by atoms with Gasteiger partial charge in [0.15, 0.2) is 0 Å². The fourth-order valence-electron chi connectivity index (χ4n) is 2.22. The highest BCUT2D eigenvalue weighted by Crippen LogP contribution is 2.12. The number of benzene rings is 1. The molecule has 0 spiro atoms. The van der Waals surface area contributed by atoms with Crippen molar-refractivity contribution in [1.29, 1.82) is 0 Å². The topological polar surface area (TPSA) is 42.2 Å². The third-order valence-corrected chi connectivity index (χ3v) is 3.36. The standard InChI is InChI=1S/C18H21NO2/c1-14-7-8-16(15(2)13-14)5-3-11-19-18(20)10-9-17-6-4-12-21-17/h4,6-10,12-13H,3,5,11H2,1-2H3,(H,19,20)/b10-9+. The lowest BCUT2D eigenvalue weighted by Crippen LogP contribution is -2.22. The van der Waals surface area contributed by atoms with Gasteiger partial charge < -0.3 is 9.73 Å². The predicted octanol–water partition coefficient (Wildman–Crippen LogP) is 3.66. The smallest absolute Gasteiger partial charge is 0.244 e. The average molecular weight is 283 g/mol. The van der Waals surface area contributed by atoms with Crippen LogP contribution in [-0.2, 0) is 11.2 Å². The van der Waals surface area contributed by atoms with Crippen molar-refractivity contribution in [1.82, 2.24) is 5.32 Å². The molecule has 0 bridgehead atoms. The summed E-state index contributed by atoms with van der Waals surface area (Å²) in [6.07, 6.45) is 6.66. The maximum Gasteiger partial charge on any atom is 0.244 e. The van der Waals surface area contributed by atoms with Gasteiger partial charge in [0, 0.05) is 12.6 Å².